The minimum atomic E-state index is -4.18. The number of nitrogens with zero attached hydrogens (tertiary/aromatic N) is 2. The van der Waals surface area contributed by atoms with Crippen LogP contribution in [-0.2, 0) is 0 Å². The van der Waals surface area contributed by atoms with Gasteiger partial charge in [0.2, 0.25) is 0 Å². The first kappa shape index (κ1) is 26.5. The number of thiophene rings is 1. The van der Waals surface area contributed by atoms with Gasteiger partial charge >= 0.3 is 6.18 Å². The van der Waals surface area contributed by atoms with Crippen LogP contribution in [0, 0.1) is 5.92 Å². The van der Waals surface area contributed by atoms with Crippen molar-refractivity contribution in [1.82, 2.24) is 10.2 Å². The third kappa shape index (κ3) is 6.30. The van der Waals surface area contributed by atoms with E-state index in [1.165, 1.54) is 17.4 Å². The molecule has 1 unspecified atom stereocenters. The van der Waals surface area contributed by atoms with Crippen LogP contribution in [0.1, 0.15) is 29.6 Å². The molecule has 200 valence electrons. The van der Waals surface area contributed by atoms with Gasteiger partial charge in [0.1, 0.15) is 0 Å². The highest BCUT2D eigenvalue weighted by atomic mass is 32.1. The van der Waals surface area contributed by atoms with Gasteiger partial charge in [0.25, 0.3) is 5.91 Å². The molecule has 1 saturated heterocycles. The minimum Gasteiger partial charge on any atom is -0.368 e. The van der Waals surface area contributed by atoms with E-state index < -0.39 is 12.1 Å². The smallest absolute Gasteiger partial charge is 0.368 e. The Labute approximate surface area is 225 Å². The summed E-state index contributed by atoms with van der Waals surface area (Å²) in [5, 5.41) is 5.99. The Morgan fingerprint density at radius 3 is 2.37 bits per heavy atom. The number of rotatable bonds is 8. The summed E-state index contributed by atoms with van der Waals surface area (Å²) >= 11 is 1.41. The molecular weight excluding hydrogens is 507 g/mol. The number of amides is 1. The van der Waals surface area contributed by atoms with Gasteiger partial charge in [0.15, 0.2) is 0 Å². The highest BCUT2D eigenvalue weighted by molar-refractivity contribution is 7.08. The largest absolute Gasteiger partial charge is 0.395 e. The molecule has 2 heterocycles. The Kier molecular flexibility index (Phi) is 8.19. The standard InChI is InChI=1S/C30H32F3N3OS/c31-30(32,33)25-12-13-26-27(21-38-28(26)20-25)36-18-16-35(17-19-36)15-5-4-14-34-29(37)24-10-8-23(9-11-24)22-6-2-1-3-7-22/h1-3,6-11,13,20-21,25H,4-5,12,14-19H2,(H,34,37). The van der Waals surface area contributed by atoms with Crippen molar-refractivity contribution in [3.05, 3.63) is 75.3 Å². The van der Waals surface area contributed by atoms with Gasteiger partial charge in [-0.1, -0.05) is 54.6 Å². The van der Waals surface area contributed by atoms with E-state index >= 15 is 0 Å². The zero-order chi connectivity index (χ0) is 26.5. The Bertz CT molecular complexity index is 1340. The molecule has 5 rings (SSSR count). The number of carbonyl (C=O) groups is 1. The van der Waals surface area contributed by atoms with Gasteiger partial charge in [-0.25, -0.2) is 0 Å². The van der Waals surface area contributed by atoms with Gasteiger partial charge in [-0.05, 0) is 49.1 Å². The second-order valence-corrected chi connectivity index (χ2v) is 10.8. The molecule has 38 heavy (non-hydrogen) atoms. The number of carbonyl (C=O) groups excluding carboxylic acids is 1. The lowest BCUT2D eigenvalue weighted by Crippen LogP contribution is -2.48. The third-order valence-electron chi connectivity index (χ3n) is 7.34. The van der Waals surface area contributed by atoms with Crippen molar-refractivity contribution < 1.29 is 18.0 Å². The Balaban J connectivity index is 1.02. The highest BCUT2D eigenvalue weighted by Gasteiger charge is 2.38. The Morgan fingerprint density at radius 2 is 1.66 bits per heavy atom. The predicted molar refractivity (Wildman–Crippen MR) is 149 cm³/mol. The topological polar surface area (TPSA) is 35.6 Å². The van der Waals surface area contributed by atoms with Gasteiger partial charge in [-0.3, -0.25) is 9.69 Å². The molecule has 1 atom stereocenters. The van der Waals surface area contributed by atoms with Gasteiger partial charge in [-0.15, -0.1) is 11.3 Å². The van der Waals surface area contributed by atoms with Crippen LogP contribution in [-0.4, -0.2) is 56.3 Å². The SMILES string of the molecule is O=C(NCCCCN1CCN(c2csc3c2=CCC(C(F)(F)F)C=3)CC1)c1ccc(-c2ccccc2)cc1. The number of piperazine rings is 1. The monoisotopic (exact) mass is 539 g/mol. The van der Waals surface area contributed by atoms with Crippen molar-refractivity contribution in [3.63, 3.8) is 0 Å². The molecule has 0 saturated carbocycles. The van der Waals surface area contributed by atoms with E-state index in [4.69, 9.17) is 0 Å². The molecule has 1 fully saturated rings. The van der Waals surface area contributed by atoms with Crippen molar-refractivity contribution in [2.24, 2.45) is 5.92 Å². The Hall–Kier alpha value is -3.10. The van der Waals surface area contributed by atoms with Crippen LogP contribution in [0.25, 0.3) is 23.3 Å². The maximum absolute atomic E-state index is 13.1. The summed E-state index contributed by atoms with van der Waals surface area (Å²) in [5.41, 5.74) is 3.96. The van der Waals surface area contributed by atoms with Gasteiger partial charge in [-0.2, -0.15) is 13.2 Å². The number of fused-ring (bicyclic) bond motifs is 1. The van der Waals surface area contributed by atoms with E-state index in [0.29, 0.717) is 12.1 Å². The van der Waals surface area contributed by atoms with E-state index in [1.54, 1.807) is 6.08 Å². The summed E-state index contributed by atoms with van der Waals surface area (Å²) in [7, 11) is 0. The molecule has 1 N–H and O–H groups in total. The van der Waals surface area contributed by atoms with Crippen molar-refractivity contribution >= 4 is 35.1 Å². The number of benzene rings is 2. The van der Waals surface area contributed by atoms with Gasteiger partial charge in [0.05, 0.1) is 11.6 Å². The number of anilines is 1. The average molecular weight is 540 g/mol. The molecule has 2 aliphatic rings. The third-order valence-corrected chi connectivity index (χ3v) is 8.29. The summed E-state index contributed by atoms with van der Waals surface area (Å²) in [6, 6.07) is 17.8. The minimum absolute atomic E-state index is 0.0235. The number of unbranched alkanes of at least 4 members (excludes halogenated alkanes) is 1. The molecular formula is C30H32F3N3OS. The van der Waals surface area contributed by atoms with Gasteiger partial charge < -0.3 is 10.2 Å². The van der Waals surface area contributed by atoms with E-state index in [9.17, 15) is 18.0 Å². The Morgan fingerprint density at radius 1 is 0.947 bits per heavy atom. The second-order valence-electron chi connectivity index (χ2n) is 9.89. The second kappa shape index (κ2) is 11.7. The van der Waals surface area contributed by atoms with Crippen LogP contribution in [0.4, 0.5) is 18.9 Å². The lowest BCUT2D eigenvalue weighted by molar-refractivity contribution is -0.155. The molecule has 4 nitrogen and oxygen atoms in total. The number of nitrogens with one attached hydrogen (secondary N) is 1. The fourth-order valence-corrected chi connectivity index (χ4v) is 6.17. The first-order valence-electron chi connectivity index (χ1n) is 13.2. The number of hydrogen-bond acceptors (Lipinski definition) is 4. The summed E-state index contributed by atoms with van der Waals surface area (Å²) in [4.78, 5) is 17.2. The molecule has 1 aliphatic heterocycles. The summed E-state index contributed by atoms with van der Waals surface area (Å²) < 4.78 is 40.0. The highest BCUT2D eigenvalue weighted by Crippen LogP contribution is 2.31. The normalized spacial score (nSPS) is 17.9. The van der Waals surface area contributed by atoms with Crippen molar-refractivity contribution in [1.29, 1.82) is 0 Å². The molecule has 0 radical (unpaired) electrons. The molecule has 0 bridgehead atoms. The zero-order valence-electron chi connectivity index (χ0n) is 21.2. The van der Waals surface area contributed by atoms with Crippen molar-refractivity contribution in [3.8, 4) is 11.1 Å². The average Bonchev–Trinajstić information content (AvgIpc) is 3.37. The van der Waals surface area contributed by atoms with Crippen LogP contribution < -0.4 is 20.0 Å². The maximum atomic E-state index is 13.1. The lowest BCUT2D eigenvalue weighted by Gasteiger charge is -2.35. The first-order valence-corrected chi connectivity index (χ1v) is 14.0. The fraction of sp³-hybridized carbons (Fsp3) is 0.367. The quantitative estimate of drug-likeness (QED) is 0.414. The van der Waals surface area contributed by atoms with Crippen LogP contribution in [0.15, 0.2) is 60.0 Å². The van der Waals surface area contributed by atoms with E-state index in [2.05, 4.69) is 27.2 Å². The zero-order valence-corrected chi connectivity index (χ0v) is 22.0. The number of hydrogen-bond donors (Lipinski definition) is 1. The maximum Gasteiger partial charge on any atom is 0.395 e. The first-order chi connectivity index (χ1) is 18.4. The summed E-state index contributed by atoms with van der Waals surface area (Å²) in [5.74, 6) is -1.42. The summed E-state index contributed by atoms with van der Waals surface area (Å²) in [6.07, 6.45) is 0.909. The van der Waals surface area contributed by atoms with Crippen molar-refractivity contribution in [2.45, 2.75) is 25.4 Å². The van der Waals surface area contributed by atoms with Crippen LogP contribution in [0.2, 0.25) is 0 Å². The van der Waals surface area contributed by atoms with Gasteiger partial charge in [0, 0.05) is 53.4 Å². The van der Waals surface area contributed by atoms with E-state index in [-0.39, 0.29) is 12.3 Å². The van der Waals surface area contributed by atoms with Crippen LogP contribution >= 0.6 is 11.3 Å². The van der Waals surface area contributed by atoms with Crippen LogP contribution in [0.3, 0.4) is 0 Å². The van der Waals surface area contributed by atoms with E-state index in [1.807, 2.05) is 47.8 Å². The predicted octanol–water partition coefficient (Wildman–Crippen LogP) is 4.89. The number of alkyl halides is 3. The van der Waals surface area contributed by atoms with Crippen LogP contribution in [0.5, 0.6) is 0 Å². The molecule has 1 aliphatic carbocycles. The summed E-state index contributed by atoms with van der Waals surface area (Å²) in [6.45, 7) is 5.22. The van der Waals surface area contributed by atoms with E-state index in [0.717, 1.165) is 72.1 Å². The molecule has 1 amide bonds. The molecule has 8 heteroatoms. The lowest BCUT2D eigenvalue weighted by atomic mass is 10.00. The molecule has 3 aromatic rings. The molecule has 0 spiro atoms. The molecule has 1 aromatic heterocycles. The fourth-order valence-electron chi connectivity index (χ4n) is 5.10. The van der Waals surface area contributed by atoms with Crippen molar-refractivity contribution in [2.75, 3.05) is 44.2 Å². The molecule has 2 aromatic carbocycles. The number of halogens is 3.